The average molecular weight is 444 g/mol. The van der Waals surface area contributed by atoms with Crippen LogP contribution in [0.4, 0.5) is 11.4 Å². The maximum absolute atomic E-state index is 12.3. The van der Waals surface area contributed by atoms with Crippen LogP contribution < -0.4 is 10.6 Å². The highest BCUT2D eigenvalue weighted by atomic mass is 32.2. The van der Waals surface area contributed by atoms with Crippen LogP contribution in [0.3, 0.4) is 0 Å². The lowest BCUT2D eigenvalue weighted by Crippen LogP contribution is -2.32. The topological polar surface area (TPSA) is 126 Å². The summed E-state index contributed by atoms with van der Waals surface area (Å²) < 4.78 is 0. The molecule has 1 aliphatic heterocycles. The number of non-ortho nitro benzene ring substituents is 1. The zero-order valence-electron chi connectivity index (χ0n) is 17.7. The summed E-state index contributed by atoms with van der Waals surface area (Å²) in [5, 5.41) is 24.7. The van der Waals surface area contributed by atoms with E-state index >= 15 is 0 Å². The van der Waals surface area contributed by atoms with Gasteiger partial charge in [0.1, 0.15) is 5.25 Å². The zero-order valence-corrected chi connectivity index (χ0v) is 18.5. The maximum Gasteiger partial charge on any atom is 0.269 e. The van der Waals surface area contributed by atoms with E-state index in [1.807, 2.05) is 0 Å². The number of fused-ring (bicyclic) bond motifs is 2. The second-order valence-corrected chi connectivity index (χ2v) is 10.3. The molecule has 0 aromatic heterocycles. The number of nitrogens with zero attached hydrogens (tertiary/aromatic N) is 3. The predicted octanol–water partition coefficient (Wildman–Crippen LogP) is 3.71. The van der Waals surface area contributed by atoms with Crippen LogP contribution in [0.1, 0.15) is 46.5 Å². The van der Waals surface area contributed by atoms with Crippen molar-refractivity contribution in [2.75, 3.05) is 5.32 Å². The summed E-state index contributed by atoms with van der Waals surface area (Å²) in [5.74, 6) is -0.00292. The molecule has 2 N–H and O–H groups in total. The van der Waals surface area contributed by atoms with Crippen LogP contribution in [0.2, 0.25) is 0 Å². The number of amides is 2. The van der Waals surface area contributed by atoms with Gasteiger partial charge < -0.3 is 10.6 Å². The van der Waals surface area contributed by atoms with Gasteiger partial charge in [0.25, 0.3) is 5.69 Å². The number of nitro groups is 1. The second kappa shape index (κ2) is 7.74. The summed E-state index contributed by atoms with van der Waals surface area (Å²) in [6.45, 7) is 6.85. The molecule has 1 heterocycles. The smallest absolute Gasteiger partial charge is 0.269 e. The number of hydrogen-bond acceptors (Lipinski definition) is 7. The first kappa shape index (κ1) is 21.5. The van der Waals surface area contributed by atoms with Gasteiger partial charge in [0.15, 0.2) is 5.17 Å². The molecule has 10 heteroatoms. The maximum atomic E-state index is 12.3. The molecule has 9 nitrogen and oxygen atoms in total. The van der Waals surface area contributed by atoms with Gasteiger partial charge in [-0.25, -0.2) is 0 Å². The highest BCUT2D eigenvalue weighted by Crippen LogP contribution is 2.64. The lowest BCUT2D eigenvalue weighted by Gasteiger charge is -2.34. The third kappa shape index (κ3) is 3.84. The van der Waals surface area contributed by atoms with E-state index in [1.165, 1.54) is 42.4 Å². The van der Waals surface area contributed by atoms with Crippen LogP contribution in [-0.4, -0.2) is 32.9 Å². The summed E-state index contributed by atoms with van der Waals surface area (Å²) in [7, 11) is 0. The summed E-state index contributed by atoms with van der Waals surface area (Å²) in [4.78, 5) is 34.8. The third-order valence-corrected chi connectivity index (χ3v) is 8.36. The molecule has 31 heavy (non-hydrogen) atoms. The van der Waals surface area contributed by atoms with E-state index in [0.29, 0.717) is 16.8 Å². The van der Waals surface area contributed by atoms with Crippen molar-refractivity contribution in [3.05, 3.63) is 34.4 Å². The summed E-state index contributed by atoms with van der Waals surface area (Å²) >= 11 is 1.20. The first-order valence-electron chi connectivity index (χ1n) is 10.3. The largest absolute Gasteiger partial charge is 0.326 e. The van der Waals surface area contributed by atoms with Crippen LogP contribution in [0.15, 0.2) is 34.5 Å². The van der Waals surface area contributed by atoms with Gasteiger partial charge in [0.2, 0.25) is 11.8 Å². The number of carbonyl (C=O) groups excluding carboxylic acids is 2. The molecule has 1 aromatic carbocycles. The van der Waals surface area contributed by atoms with E-state index in [9.17, 15) is 19.7 Å². The summed E-state index contributed by atoms with van der Waals surface area (Å²) in [5.41, 5.74) is 1.72. The predicted molar refractivity (Wildman–Crippen MR) is 120 cm³/mol. The number of nitro benzene ring substituents is 1. The van der Waals surface area contributed by atoms with Crippen LogP contribution in [0.25, 0.3) is 0 Å². The minimum atomic E-state index is -0.593. The molecule has 3 atom stereocenters. The van der Waals surface area contributed by atoms with Gasteiger partial charge in [-0.05, 0) is 42.7 Å². The molecule has 2 aliphatic carbocycles. The van der Waals surface area contributed by atoms with Crippen molar-refractivity contribution in [2.45, 2.75) is 51.7 Å². The number of hydrogen-bond donors (Lipinski definition) is 2. The lowest BCUT2D eigenvalue weighted by atomic mass is 9.70. The second-order valence-electron chi connectivity index (χ2n) is 9.10. The molecule has 3 fully saturated rings. The van der Waals surface area contributed by atoms with Gasteiger partial charge in [0, 0.05) is 35.4 Å². The van der Waals surface area contributed by atoms with Crippen molar-refractivity contribution in [2.24, 2.45) is 27.0 Å². The fraction of sp³-hybridized carbons (Fsp3) is 0.524. The van der Waals surface area contributed by atoms with Gasteiger partial charge in [0.05, 0.1) is 4.92 Å². The Kier molecular flexibility index (Phi) is 5.36. The Balaban J connectivity index is 1.36. The molecule has 2 bridgehead atoms. The van der Waals surface area contributed by atoms with E-state index < -0.39 is 10.2 Å². The molecule has 3 aliphatic rings. The minimum Gasteiger partial charge on any atom is -0.326 e. The molecule has 2 saturated carbocycles. The highest BCUT2D eigenvalue weighted by Gasteiger charge is 2.60. The Bertz CT molecular complexity index is 1000. The van der Waals surface area contributed by atoms with Crippen LogP contribution >= 0.6 is 11.8 Å². The van der Waals surface area contributed by atoms with Gasteiger partial charge in [-0.3, -0.25) is 19.7 Å². The molecule has 164 valence electrons. The Hall–Kier alpha value is -2.75. The first-order valence-corrected chi connectivity index (χ1v) is 11.1. The van der Waals surface area contributed by atoms with Crippen molar-refractivity contribution >= 4 is 45.8 Å². The van der Waals surface area contributed by atoms with Gasteiger partial charge in [-0.2, -0.15) is 5.10 Å². The van der Waals surface area contributed by atoms with Gasteiger partial charge in [-0.1, -0.05) is 32.5 Å². The SMILES string of the molecule is CC12CCC(C/C1=N\N=C1/NC(=O)C(CC(=O)Nc3ccc([N+](=O)[O-])cc3)S1)C2(C)C. The Morgan fingerprint density at radius 2 is 2.00 bits per heavy atom. The molecule has 1 saturated heterocycles. The lowest BCUT2D eigenvalue weighted by molar-refractivity contribution is -0.384. The molecule has 2 amide bonds. The molecule has 0 radical (unpaired) electrons. The summed E-state index contributed by atoms with van der Waals surface area (Å²) in [6.07, 6.45) is 3.24. The van der Waals surface area contributed by atoms with E-state index in [0.717, 1.165) is 18.6 Å². The highest BCUT2D eigenvalue weighted by molar-refractivity contribution is 8.15. The number of rotatable bonds is 5. The zero-order chi connectivity index (χ0) is 22.4. The van der Waals surface area contributed by atoms with Crippen LogP contribution in [0.5, 0.6) is 0 Å². The van der Waals surface area contributed by atoms with Gasteiger partial charge in [-0.15, -0.1) is 5.10 Å². The van der Waals surface area contributed by atoms with E-state index in [1.54, 1.807) is 0 Å². The van der Waals surface area contributed by atoms with Crippen molar-refractivity contribution in [3.63, 3.8) is 0 Å². The van der Waals surface area contributed by atoms with Gasteiger partial charge >= 0.3 is 0 Å². The molecule has 1 aromatic rings. The Labute approximate surface area is 184 Å². The number of thioether (sulfide) groups is 1. The fourth-order valence-corrected chi connectivity index (χ4v) is 5.74. The quantitative estimate of drug-likeness (QED) is 0.530. The number of anilines is 1. The van der Waals surface area contributed by atoms with Crippen molar-refractivity contribution in [1.82, 2.24) is 5.32 Å². The molecule has 4 rings (SSSR count). The van der Waals surface area contributed by atoms with Crippen LogP contribution in [-0.2, 0) is 9.59 Å². The van der Waals surface area contributed by atoms with Crippen LogP contribution in [0, 0.1) is 26.9 Å². The van der Waals surface area contributed by atoms with Crippen molar-refractivity contribution in [1.29, 1.82) is 0 Å². The Morgan fingerprint density at radius 3 is 2.58 bits per heavy atom. The van der Waals surface area contributed by atoms with E-state index in [2.05, 4.69) is 41.6 Å². The fourth-order valence-electron chi connectivity index (χ4n) is 4.82. The molecule has 3 unspecified atom stereocenters. The standard InChI is InChI=1S/C21H25N5O4S/c1-20(2)12-8-9-21(20,3)16(10-12)24-25-19-23-18(28)15(31-19)11-17(27)22-13-4-6-14(7-5-13)26(29)30/h4-7,12,15H,8-11H2,1-3H3,(H,22,27)(H,23,25,28)/b24-16+. The number of carbonyl (C=O) groups is 2. The number of amidine groups is 1. The first-order chi connectivity index (χ1) is 14.6. The third-order valence-electron chi connectivity index (χ3n) is 7.28. The molecule has 0 spiro atoms. The Morgan fingerprint density at radius 1 is 1.29 bits per heavy atom. The van der Waals surface area contributed by atoms with Crippen molar-refractivity contribution < 1.29 is 14.5 Å². The average Bonchev–Trinajstić information content (AvgIpc) is 3.23. The minimum absolute atomic E-state index is 0.0318. The van der Waals surface area contributed by atoms with E-state index in [-0.39, 0.29) is 34.8 Å². The normalized spacial score (nSPS) is 31.3. The monoisotopic (exact) mass is 443 g/mol. The summed E-state index contributed by atoms with van der Waals surface area (Å²) in [6, 6.07) is 5.54. The molecular weight excluding hydrogens is 418 g/mol. The number of benzene rings is 1. The number of nitrogens with one attached hydrogen (secondary N) is 2. The van der Waals surface area contributed by atoms with E-state index in [4.69, 9.17) is 0 Å². The van der Waals surface area contributed by atoms with Crippen molar-refractivity contribution in [3.8, 4) is 0 Å². The molecular formula is C21H25N5O4S.